The molecular weight excluding hydrogens is 360 g/mol. The number of fused-ring (bicyclic) bond motifs is 3. The molecule has 1 aromatic carbocycles. The number of anilines is 1. The molecule has 3 aromatic heterocycles. The van der Waals surface area contributed by atoms with E-state index in [4.69, 9.17) is 4.74 Å². The minimum absolute atomic E-state index is 0.348. The first-order chi connectivity index (χ1) is 13.4. The number of rotatable bonds is 5. The van der Waals surface area contributed by atoms with Gasteiger partial charge in [-0.15, -0.1) is 0 Å². The lowest BCUT2D eigenvalue weighted by atomic mass is 10.3. The van der Waals surface area contributed by atoms with E-state index in [1.807, 2.05) is 42.0 Å². The van der Waals surface area contributed by atoms with Crippen LogP contribution in [0.4, 0.5) is 5.69 Å². The van der Waals surface area contributed by atoms with Crippen molar-refractivity contribution in [1.29, 1.82) is 0 Å². The van der Waals surface area contributed by atoms with Crippen LogP contribution >= 0.6 is 0 Å². The minimum Gasteiger partial charge on any atom is -0.497 e. The smallest absolute Gasteiger partial charge is 0.332 e. The Kier molecular flexibility index (Phi) is 4.21. The molecule has 4 rings (SSSR count). The summed E-state index contributed by atoms with van der Waals surface area (Å²) in [6.45, 7) is 3.31. The number of nitrogens with zero attached hydrogens (tertiary/aromatic N) is 5. The molecule has 0 amide bonds. The normalized spacial score (nSPS) is 11.4. The Balaban J connectivity index is 1.68. The van der Waals surface area contributed by atoms with Crippen molar-refractivity contribution in [3.8, 4) is 5.75 Å². The zero-order valence-electron chi connectivity index (χ0n) is 16.3. The molecule has 3 heterocycles. The number of nitrogens with one attached hydrogen (secondary N) is 1. The molecule has 0 bridgehead atoms. The van der Waals surface area contributed by atoms with Crippen LogP contribution in [0.5, 0.6) is 5.75 Å². The highest BCUT2D eigenvalue weighted by molar-refractivity contribution is 5.75. The van der Waals surface area contributed by atoms with Gasteiger partial charge in [-0.2, -0.15) is 4.98 Å². The van der Waals surface area contributed by atoms with Gasteiger partial charge in [0.2, 0.25) is 5.78 Å². The fourth-order valence-corrected chi connectivity index (χ4v) is 3.43. The molecule has 0 radical (unpaired) electrons. The maximum Gasteiger partial charge on any atom is 0.332 e. The number of hydrogen-bond acceptors (Lipinski definition) is 5. The fourth-order valence-electron chi connectivity index (χ4n) is 3.43. The highest BCUT2D eigenvalue weighted by Gasteiger charge is 2.18. The van der Waals surface area contributed by atoms with Crippen molar-refractivity contribution in [1.82, 2.24) is 23.1 Å². The SMILES string of the molecule is COc1ccc(NCCn2c(C)cn3c4c(=O)n(C)c(=O)n(C)c4nc23)cc1. The number of benzene rings is 1. The van der Waals surface area contributed by atoms with Crippen molar-refractivity contribution in [2.75, 3.05) is 19.0 Å². The standard InChI is InChI=1S/C19H22N6O3/c1-12-11-25-15-16(22(2)19(27)23(3)17(15)26)21-18(25)24(12)10-9-20-13-5-7-14(28-4)8-6-13/h5-8,11,20H,9-10H2,1-4H3. The van der Waals surface area contributed by atoms with Gasteiger partial charge in [0.05, 0.1) is 7.11 Å². The van der Waals surface area contributed by atoms with E-state index < -0.39 is 0 Å². The molecule has 28 heavy (non-hydrogen) atoms. The summed E-state index contributed by atoms with van der Waals surface area (Å²) in [4.78, 5) is 29.4. The summed E-state index contributed by atoms with van der Waals surface area (Å²) in [5, 5.41) is 3.37. The molecule has 0 fully saturated rings. The predicted octanol–water partition coefficient (Wildman–Crippen LogP) is 1.12. The van der Waals surface area contributed by atoms with E-state index in [9.17, 15) is 9.59 Å². The van der Waals surface area contributed by atoms with Crippen molar-refractivity contribution in [2.24, 2.45) is 14.1 Å². The van der Waals surface area contributed by atoms with E-state index in [2.05, 4.69) is 10.3 Å². The average molecular weight is 382 g/mol. The van der Waals surface area contributed by atoms with E-state index in [0.717, 1.165) is 21.7 Å². The van der Waals surface area contributed by atoms with E-state index in [1.54, 1.807) is 18.6 Å². The zero-order valence-corrected chi connectivity index (χ0v) is 16.3. The lowest BCUT2D eigenvalue weighted by molar-refractivity contribution is 0.415. The molecule has 0 aliphatic carbocycles. The Morgan fingerprint density at radius 2 is 1.82 bits per heavy atom. The summed E-state index contributed by atoms with van der Waals surface area (Å²) in [6.07, 6.45) is 1.88. The fraction of sp³-hybridized carbons (Fsp3) is 0.316. The first kappa shape index (κ1) is 17.9. The second kappa shape index (κ2) is 6.59. The second-order valence-electron chi connectivity index (χ2n) is 6.74. The third-order valence-electron chi connectivity index (χ3n) is 5.01. The van der Waals surface area contributed by atoms with E-state index >= 15 is 0 Å². The molecule has 0 aliphatic heterocycles. The molecule has 0 aliphatic rings. The summed E-state index contributed by atoms with van der Waals surface area (Å²) < 4.78 is 11.5. The summed E-state index contributed by atoms with van der Waals surface area (Å²) in [5.74, 6) is 1.45. The Hall–Kier alpha value is -3.49. The Morgan fingerprint density at radius 3 is 2.50 bits per heavy atom. The predicted molar refractivity (Wildman–Crippen MR) is 107 cm³/mol. The van der Waals surface area contributed by atoms with Gasteiger partial charge in [0.1, 0.15) is 5.75 Å². The van der Waals surface area contributed by atoms with Crippen molar-refractivity contribution < 1.29 is 4.74 Å². The van der Waals surface area contributed by atoms with Crippen molar-refractivity contribution in [3.63, 3.8) is 0 Å². The van der Waals surface area contributed by atoms with Gasteiger partial charge in [-0.1, -0.05) is 0 Å². The van der Waals surface area contributed by atoms with Crippen molar-refractivity contribution in [2.45, 2.75) is 13.5 Å². The van der Waals surface area contributed by atoms with E-state index in [1.165, 1.54) is 11.6 Å². The molecule has 0 saturated carbocycles. The second-order valence-corrected chi connectivity index (χ2v) is 6.74. The molecule has 9 heteroatoms. The van der Waals surface area contributed by atoms with Crippen LogP contribution in [0.3, 0.4) is 0 Å². The first-order valence-corrected chi connectivity index (χ1v) is 8.94. The summed E-state index contributed by atoms with van der Waals surface area (Å²) in [7, 11) is 4.74. The number of methoxy groups -OCH3 is 1. The number of aromatic nitrogens is 5. The van der Waals surface area contributed by atoms with Crippen molar-refractivity contribution in [3.05, 3.63) is 57.0 Å². The molecular formula is C19H22N6O3. The molecule has 0 spiro atoms. The topological polar surface area (TPSA) is 87.5 Å². The quantitative estimate of drug-likeness (QED) is 0.559. The van der Waals surface area contributed by atoms with Gasteiger partial charge in [0.15, 0.2) is 11.2 Å². The average Bonchev–Trinajstić information content (AvgIpc) is 3.21. The number of hydrogen-bond donors (Lipinski definition) is 1. The van der Waals surface area contributed by atoms with Gasteiger partial charge < -0.3 is 14.6 Å². The summed E-state index contributed by atoms with van der Waals surface area (Å²) >= 11 is 0. The number of aryl methyl sites for hydroxylation is 2. The van der Waals surface area contributed by atoms with Crippen LogP contribution in [0.25, 0.3) is 16.9 Å². The monoisotopic (exact) mass is 382 g/mol. The molecule has 4 aromatic rings. The highest BCUT2D eigenvalue weighted by Crippen LogP contribution is 2.17. The van der Waals surface area contributed by atoms with Crippen molar-refractivity contribution >= 4 is 22.6 Å². The highest BCUT2D eigenvalue weighted by atomic mass is 16.5. The molecule has 0 unspecified atom stereocenters. The largest absolute Gasteiger partial charge is 0.497 e. The van der Waals surface area contributed by atoms with Gasteiger partial charge in [-0.3, -0.25) is 18.3 Å². The van der Waals surface area contributed by atoms with Crippen LogP contribution < -0.4 is 21.3 Å². The van der Waals surface area contributed by atoms with Crippen LogP contribution in [0.2, 0.25) is 0 Å². The Labute approximate surface area is 160 Å². The molecule has 0 saturated heterocycles. The molecule has 1 N–H and O–H groups in total. The van der Waals surface area contributed by atoms with E-state index in [0.29, 0.717) is 30.0 Å². The van der Waals surface area contributed by atoms with Crippen LogP contribution in [-0.2, 0) is 20.6 Å². The van der Waals surface area contributed by atoms with Crippen LogP contribution in [0, 0.1) is 6.92 Å². The maximum atomic E-state index is 12.6. The van der Waals surface area contributed by atoms with Gasteiger partial charge in [-0.05, 0) is 31.2 Å². The molecule has 9 nitrogen and oxygen atoms in total. The molecule has 146 valence electrons. The lowest BCUT2D eigenvalue weighted by Crippen LogP contribution is -2.37. The minimum atomic E-state index is -0.386. The first-order valence-electron chi connectivity index (χ1n) is 8.94. The van der Waals surface area contributed by atoms with Gasteiger partial charge in [0, 0.05) is 44.8 Å². The maximum absolute atomic E-state index is 12.6. The number of ether oxygens (including phenoxy) is 1. The van der Waals surface area contributed by atoms with Gasteiger partial charge in [0.25, 0.3) is 5.56 Å². The third-order valence-corrected chi connectivity index (χ3v) is 5.01. The summed E-state index contributed by atoms with van der Waals surface area (Å²) in [6, 6.07) is 7.72. The van der Waals surface area contributed by atoms with Gasteiger partial charge in [-0.25, -0.2) is 4.79 Å². The lowest BCUT2D eigenvalue weighted by Gasteiger charge is -2.09. The van der Waals surface area contributed by atoms with Gasteiger partial charge >= 0.3 is 5.69 Å². The Bertz CT molecular complexity index is 1290. The summed E-state index contributed by atoms with van der Waals surface area (Å²) in [5.41, 5.74) is 2.04. The Morgan fingerprint density at radius 1 is 1.11 bits per heavy atom. The van der Waals surface area contributed by atoms with Crippen LogP contribution in [0.1, 0.15) is 5.69 Å². The zero-order chi connectivity index (χ0) is 20.0. The van der Waals surface area contributed by atoms with Crippen LogP contribution in [0.15, 0.2) is 40.1 Å². The number of imidazole rings is 2. The molecule has 0 atom stereocenters. The third kappa shape index (κ3) is 2.67. The van der Waals surface area contributed by atoms with E-state index in [-0.39, 0.29) is 11.2 Å². The van der Waals surface area contributed by atoms with Crippen LogP contribution in [-0.4, -0.2) is 36.7 Å².